The van der Waals surface area contributed by atoms with Crippen molar-refractivity contribution in [2.75, 3.05) is 0 Å². The van der Waals surface area contributed by atoms with Crippen LogP contribution in [0.15, 0.2) is 48.5 Å². The Hall–Kier alpha value is -2.62. The van der Waals surface area contributed by atoms with Crippen LogP contribution in [-0.4, -0.2) is 20.6 Å². The molecule has 0 bridgehead atoms. The Morgan fingerprint density at radius 2 is 1.84 bits per heavy atom. The number of hydrogen-bond acceptors (Lipinski definition) is 2. The summed E-state index contributed by atoms with van der Waals surface area (Å²) in [6.07, 6.45) is 3.20. The summed E-state index contributed by atoms with van der Waals surface area (Å²) in [4.78, 5) is 15.6. The van der Waals surface area contributed by atoms with Crippen molar-refractivity contribution in [3.63, 3.8) is 0 Å². The zero-order valence-corrected chi connectivity index (χ0v) is 14.8. The number of carboxylic acid groups (broad SMARTS) is 1. The molecule has 4 heteroatoms. The average molecular weight is 336 g/mol. The van der Waals surface area contributed by atoms with Crippen molar-refractivity contribution in [2.45, 2.75) is 45.6 Å². The van der Waals surface area contributed by atoms with E-state index >= 15 is 0 Å². The van der Waals surface area contributed by atoms with E-state index in [1.165, 1.54) is 11.1 Å². The molecule has 3 aromatic rings. The number of nitrogens with zero attached hydrogens (tertiary/aromatic N) is 2. The predicted octanol–water partition coefficient (Wildman–Crippen LogP) is 4.56. The van der Waals surface area contributed by atoms with E-state index < -0.39 is 11.9 Å². The fourth-order valence-electron chi connectivity index (χ4n) is 3.19. The Kier molecular flexibility index (Phi) is 5.17. The highest BCUT2D eigenvalue weighted by molar-refractivity contribution is 5.76. The summed E-state index contributed by atoms with van der Waals surface area (Å²) >= 11 is 0. The van der Waals surface area contributed by atoms with Crippen LogP contribution >= 0.6 is 0 Å². The molecule has 0 aliphatic rings. The molecule has 0 amide bonds. The first-order chi connectivity index (χ1) is 12.1. The number of para-hydroxylation sites is 2. The molecule has 0 spiro atoms. The first kappa shape index (κ1) is 17.2. The second-order valence-electron chi connectivity index (χ2n) is 6.56. The van der Waals surface area contributed by atoms with Crippen molar-refractivity contribution in [1.29, 1.82) is 0 Å². The van der Waals surface area contributed by atoms with Gasteiger partial charge in [-0.1, -0.05) is 36.4 Å². The Labute approximate surface area is 148 Å². The number of carbonyl (C=O) groups is 1. The number of rotatable bonds is 7. The molecular formula is C21H24N2O2. The van der Waals surface area contributed by atoms with Gasteiger partial charge in [-0.15, -0.1) is 0 Å². The van der Waals surface area contributed by atoms with Gasteiger partial charge in [0.05, 0.1) is 17.0 Å². The normalized spacial score (nSPS) is 12.4. The lowest BCUT2D eigenvalue weighted by Crippen LogP contribution is -2.07. The lowest BCUT2D eigenvalue weighted by Gasteiger charge is -2.09. The molecule has 3 rings (SSSR count). The maximum Gasteiger partial charge on any atom is 0.310 e. The van der Waals surface area contributed by atoms with Gasteiger partial charge in [0.15, 0.2) is 0 Å². The molecule has 0 aliphatic carbocycles. The van der Waals surface area contributed by atoms with Gasteiger partial charge in [-0.25, -0.2) is 4.98 Å². The minimum absolute atomic E-state index is 0.452. The summed E-state index contributed by atoms with van der Waals surface area (Å²) in [5.41, 5.74) is 4.38. The van der Waals surface area contributed by atoms with E-state index in [2.05, 4.69) is 34.7 Å². The first-order valence-electron chi connectivity index (χ1n) is 8.80. The zero-order chi connectivity index (χ0) is 17.8. The summed E-state index contributed by atoms with van der Waals surface area (Å²) in [6.45, 7) is 4.75. The van der Waals surface area contributed by atoms with E-state index in [0.29, 0.717) is 0 Å². The predicted molar refractivity (Wildman–Crippen MR) is 99.9 cm³/mol. The number of imidazole rings is 1. The van der Waals surface area contributed by atoms with Gasteiger partial charge in [0.2, 0.25) is 0 Å². The third-order valence-electron chi connectivity index (χ3n) is 4.79. The maximum atomic E-state index is 11.0. The van der Waals surface area contributed by atoms with Crippen LogP contribution in [0, 0.1) is 6.92 Å². The van der Waals surface area contributed by atoms with E-state index in [-0.39, 0.29) is 0 Å². The molecular weight excluding hydrogens is 312 g/mol. The van der Waals surface area contributed by atoms with Crippen LogP contribution in [0.1, 0.15) is 42.6 Å². The van der Waals surface area contributed by atoms with E-state index in [9.17, 15) is 4.79 Å². The molecule has 0 radical (unpaired) electrons. The number of aromatic nitrogens is 2. The number of aliphatic carboxylic acids is 1. The second-order valence-corrected chi connectivity index (χ2v) is 6.56. The number of benzene rings is 2. The van der Waals surface area contributed by atoms with E-state index in [1.807, 2.05) is 30.3 Å². The van der Waals surface area contributed by atoms with Gasteiger partial charge in [0.1, 0.15) is 5.82 Å². The Morgan fingerprint density at radius 1 is 1.12 bits per heavy atom. The number of carboxylic acids is 1. The third-order valence-corrected chi connectivity index (χ3v) is 4.79. The summed E-state index contributed by atoms with van der Waals surface area (Å²) in [5, 5.41) is 9.06. The number of fused-ring (bicyclic) bond motifs is 1. The standard InChI is InChI=1S/C21H24N2O2/c1-15(21(24)25)18-12-10-17(11-13-18)7-5-6-14-23-16(2)22-19-8-3-4-9-20(19)23/h3-4,8-13,15H,5-7,14H2,1-2H3,(H,24,25). The minimum Gasteiger partial charge on any atom is -0.481 e. The highest BCUT2D eigenvalue weighted by atomic mass is 16.4. The van der Waals surface area contributed by atoms with Crippen LogP contribution in [0.25, 0.3) is 11.0 Å². The molecule has 1 N–H and O–H groups in total. The van der Waals surface area contributed by atoms with Crippen molar-refractivity contribution in [2.24, 2.45) is 0 Å². The number of hydrogen-bond donors (Lipinski definition) is 1. The number of unbranched alkanes of at least 4 members (excludes halogenated alkanes) is 1. The van der Waals surface area contributed by atoms with E-state index in [0.717, 1.165) is 42.7 Å². The molecule has 1 heterocycles. The molecule has 0 aliphatic heterocycles. The molecule has 0 saturated carbocycles. The van der Waals surface area contributed by atoms with Gasteiger partial charge in [0.25, 0.3) is 0 Å². The van der Waals surface area contributed by atoms with Crippen LogP contribution in [0.4, 0.5) is 0 Å². The van der Waals surface area contributed by atoms with Crippen molar-refractivity contribution in [3.8, 4) is 0 Å². The monoisotopic (exact) mass is 336 g/mol. The van der Waals surface area contributed by atoms with E-state index in [4.69, 9.17) is 5.11 Å². The minimum atomic E-state index is -0.782. The Bertz CT molecular complexity index is 865. The van der Waals surface area contributed by atoms with Crippen LogP contribution in [0.5, 0.6) is 0 Å². The fraction of sp³-hybridized carbons (Fsp3) is 0.333. The second kappa shape index (κ2) is 7.51. The largest absolute Gasteiger partial charge is 0.481 e. The van der Waals surface area contributed by atoms with Gasteiger partial charge in [0, 0.05) is 6.54 Å². The fourth-order valence-corrected chi connectivity index (χ4v) is 3.19. The smallest absolute Gasteiger partial charge is 0.310 e. The molecule has 1 unspecified atom stereocenters. The van der Waals surface area contributed by atoms with Gasteiger partial charge >= 0.3 is 5.97 Å². The molecule has 130 valence electrons. The van der Waals surface area contributed by atoms with Crippen molar-refractivity contribution in [1.82, 2.24) is 9.55 Å². The maximum absolute atomic E-state index is 11.0. The number of aryl methyl sites for hydroxylation is 3. The van der Waals surface area contributed by atoms with Crippen molar-refractivity contribution < 1.29 is 9.90 Å². The van der Waals surface area contributed by atoms with Crippen LogP contribution < -0.4 is 0 Å². The Morgan fingerprint density at radius 3 is 2.56 bits per heavy atom. The molecule has 1 atom stereocenters. The van der Waals surface area contributed by atoms with Gasteiger partial charge in [-0.2, -0.15) is 0 Å². The quantitative estimate of drug-likeness (QED) is 0.644. The molecule has 0 saturated heterocycles. The van der Waals surface area contributed by atoms with Gasteiger partial charge in [-0.05, 0) is 56.4 Å². The third kappa shape index (κ3) is 3.90. The summed E-state index contributed by atoms with van der Waals surface area (Å²) < 4.78 is 2.28. The Balaban J connectivity index is 1.54. The summed E-state index contributed by atoms with van der Waals surface area (Å²) in [7, 11) is 0. The molecule has 1 aromatic heterocycles. The summed E-state index contributed by atoms with van der Waals surface area (Å²) in [6, 6.07) is 16.2. The zero-order valence-electron chi connectivity index (χ0n) is 14.8. The van der Waals surface area contributed by atoms with Crippen molar-refractivity contribution in [3.05, 3.63) is 65.5 Å². The molecule has 4 nitrogen and oxygen atoms in total. The van der Waals surface area contributed by atoms with Crippen molar-refractivity contribution >= 4 is 17.0 Å². The highest BCUT2D eigenvalue weighted by Gasteiger charge is 2.13. The van der Waals surface area contributed by atoms with Crippen LogP contribution in [0.3, 0.4) is 0 Å². The molecule has 0 fully saturated rings. The van der Waals surface area contributed by atoms with Gasteiger partial charge in [-0.3, -0.25) is 4.79 Å². The van der Waals surface area contributed by atoms with Crippen LogP contribution in [-0.2, 0) is 17.8 Å². The molecule has 2 aromatic carbocycles. The van der Waals surface area contributed by atoms with Crippen LogP contribution in [0.2, 0.25) is 0 Å². The SMILES string of the molecule is Cc1nc2ccccc2n1CCCCc1ccc(C(C)C(=O)O)cc1. The summed E-state index contributed by atoms with van der Waals surface area (Å²) in [5.74, 6) is -0.171. The average Bonchev–Trinajstić information content (AvgIpc) is 2.94. The molecule has 25 heavy (non-hydrogen) atoms. The topological polar surface area (TPSA) is 55.1 Å². The lowest BCUT2D eigenvalue weighted by atomic mass is 9.98. The lowest BCUT2D eigenvalue weighted by molar-refractivity contribution is -0.138. The highest BCUT2D eigenvalue weighted by Crippen LogP contribution is 2.18. The first-order valence-corrected chi connectivity index (χ1v) is 8.80. The van der Waals surface area contributed by atoms with Gasteiger partial charge < -0.3 is 9.67 Å². The van der Waals surface area contributed by atoms with E-state index in [1.54, 1.807) is 6.92 Å².